The van der Waals surface area contributed by atoms with Crippen molar-refractivity contribution in [1.82, 2.24) is 10.3 Å². The molecule has 3 nitrogen and oxygen atoms in total. The van der Waals surface area contributed by atoms with Crippen LogP contribution in [0.15, 0.2) is 18.3 Å². The van der Waals surface area contributed by atoms with Crippen LogP contribution in [0.2, 0.25) is 0 Å². The van der Waals surface area contributed by atoms with Crippen LogP contribution in [-0.4, -0.2) is 24.2 Å². The van der Waals surface area contributed by atoms with Crippen LogP contribution in [0.5, 0.6) is 5.75 Å². The minimum Gasteiger partial charge on any atom is -0.491 e. The summed E-state index contributed by atoms with van der Waals surface area (Å²) >= 11 is 0. The summed E-state index contributed by atoms with van der Waals surface area (Å²) in [4.78, 5) is 4.41. The third kappa shape index (κ3) is 2.69. The van der Waals surface area contributed by atoms with Crippen LogP contribution < -0.4 is 10.1 Å². The summed E-state index contributed by atoms with van der Waals surface area (Å²) in [5.41, 5.74) is 1.15. The number of nitrogens with one attached hydrogen (secondary N) is 1. The molecular weight excluding hydrogens is 188 g/mol. The summed E-state index contributed by atoms with van der Waals surface area (Å²) in [5, 5.41) is 3.35. The van der Waals surface area contributed by atoms with Gasteiger partial charge in [0.2, 0.25) is 0 Å². The van der Waals surface area contributed by atoms with Crippen LogP contribution in [-0.2, 0) is 0 Å². The molecule has 3 heteroatoms. The van der Waals surface area contributed by atoms with E-state index < -0.39 is 0 Å². The van der Waals surface area contributed by atoms with Gasteiger partial charge in [0.1, 0.15) is 5.75 Å². The number of aromatic nitrogens is 1. The molecule has 0 bridgehead atoms. The molecule has 1 aliphatic rings. The lowest BCUT2D eigenvalue weighted by atomic mass is 10.0. The van der Waals surface area contributed by atoms with E-state index in [2.05, 4.69) is 16.4 Å². The van der Waals surface area contributed by atoms with Crippen molar-refractivity contribution in [3.05, 3.63) is 24.0 Å². The zero-order chi connectivity index (χ0) is 10.7. The highest BCUT2D eigenvalue weighted by Gasteiger charge is 2.18. The van der Waals surface area contributed by atoms with Gasteiger partial charge in [0, 0.05) is 30.4 Å². The average Bonchev–Trinajstić information content (AvgIpc) is 2.69. The molecule has 1 fully saturated rings. The van der Waals surface area contributed by atoms with E-state index in [1.807, 2.05) is 26.1 Å². The Morgan fingerprint density at radius 2 is 2.40 bits per heavy atom. The van der Waals surface area contributed by atoms with E-state index in [4.69, 9.17) is 4.74 Å². The Kier molecular flexibility index (Phi) is 3.21. The molecule has 0 radical (unpaired) electrons. The molecule has 1 saturated heterocycles. The first kappa shape index (κ1) is 10.4. The van der Waals surface area contributed by atoms with Gasteiger partial charge in [0.15, 0.2) is 0 Å². The summed E-state index contributed by atoms with van der Waals surface area (Å²) < 4.78 is 5.65. The molecule has 1 unspecified atom stereocenters. The molecule has 0 aromatic carbocycles. The third-order valence-corrected chi connectivity index (χ3v) is 2.60. The van der Waals surface area contributed by atoms with E-state index in [0.29, 0.717) is 5.92 Å². The van der Waals surface area contributed by atoms with Gasteiger partial charge < -0.3 is 10.1 Å². The normalized spacial score (nSPS) is 20.9. The summed E-state index contributed by atoms with van der Waals surface area (Å²) in [7, 11) is 0. The number of ether oxygens (including phenoxy) is 1. The second-order valence-corrected chi connectivity index (χ2v) is 4.27. The minimum atomic E-state index is 0.224. The molecule has 15 heavy (non-hydrogen) atoms. The maximum atomic E-state index is 5.65. The first-order valence-electron chi connectivity index (χ1n) is 5.59. The molecule has 1 N–H and O–H groups in total. The van der Waals surface area contributed by atoms with E-state index in [0.717, 1.165) is 24.5 Å². The molecule has 0 saturated carbocycles. The Balaban J connectivity index is 2.11. The highest BCUT2D eigenvalue weighted by Crippen LogP contribution is 2.23. The zero-order valence-corrected chi connectivity index (χ0v) is 9.36. The van der Waals surface area contributed by atoms with Crippen LogP contribution in [0.4, 0.5) is 0 Å². The standard InChI is InChI=1S/C12H18N2O/c1-9(2)15-11-4-6-14-12(7-11)10-3-5-13-8-10/h4,6-7,9-10,13H,3,5,8H2,1-2H3. The lowest BCUT2D eigenvalue weighted by Gasteiger charge is -2.12. The second kappa shape index (κ2) is 4.62. The number of pyridine rings is 1. The maximum Gasteiger partial charge on any atom is 0.123 e. The van der Waals surface area contributed by atoms with E-state index in [1.165, 1.54) is 6.42 Å². The van der Waals surface area contributed by atoms with Crippen molar-refractivity contribution in [3.63, 3.8) is 0 Å². The fraction of sp³-hybridized carbons (Fsp3) is 0.583. The fourth-order valence-corrected chi connectivity index (χ4v) is 1.90. The van der Waals surface area contributed by atoms with Crippen molar-refractivity contribution in [1.29, 1.82) is 0 Å². The monoisotopic (exact) mass is 206 g/mol. The Bertz CT molecular complexity index is 319. The molecular formula is C12H18N2O. The first-order valence-corrected chi connectivity index (χ1v) is 5.59. The van der Waals surface area contributed by atoms with Crippen molar-refractivity contribution in [3.8, 4) is 5.75 Å². The van der Waals surface area contributed by atoms with E-state index in [9.17, 15) is 0 Å². The summed E-state index contributed by atoms with van der Waals surface area (Å²) in [6, 6.07) is 3.99. The molecule has 0 amide bonds. The maximum absolute atomic E-state index is 5.65. The molecule has 1 aromatic heterocycles. The predicted octanol–water partition coefficient (Wildman–Crippen LogP) is 1.95. The molecule has 82 valence electrons. The van der Waals surface area contributed by atoms with E-state index in [-0.39, 0.29) is 6.10 Å². The lowest BCUT2D eigenvalue weighted by Crippen LogP contribution is -2.10. The van der Waals surface area contributed by atoms with Crippen LogP contribution in [0.1, 0.15) is 31.9 Å². The summed E-state index contributed by atoms with van der Waals surface area (Å²) in [5.74, 6) is 1.49. The first-order chi connectivity index (χ1) is 7.25. The van der Waals surface area contributed by atoms with Crippen molar-refractivity contribution in [2.45, 2.75) is 32.3 Å². The van der Waals surface area contributed by atoms with Crippen LogP contribution in [0.3, 0.4) is 0 Å². The van der Waals surface area contributed by atoms with Crippen LogP contribution in [0, 0.1) is 0 Å². The SMILES string of the molecule is CC(C)Oc1ccnc(C2CCNC2)c1. The topological polar surface area (TPSA) is 34.1 Å². The Labute approximate surface area is 90.9 Å². The van der Waals surface area contributed by atoms with Gasteiger partial charge in [-0.25, -0.2) is 0 Å². The highest BCUT2D eigenvalue weighted by molar-refractivity contribution is 5.25. The molecule has 2 heterocycles. The molecule has 0 spiro atoms. The fourth-order valence-electron chi connectivity index (χ4n) is 1.90. The molecule has 1 aliphatic heterocycles. The van der Waals surface area contributed by atoms with Gasteiger partial charge in [-0.15, -0.1) is 0 Å². The number of hydrogen-bond donors (Lipinski definition) is 1. The second-order valence-electron chi connectivity index (χ2n) is 4.27. The van der Waals surface area contributed by atoms with Gasteiger partial charge in [0.05, 0.1) is 6.10 Å². The van der Waals surface area contributed by atoms with Crippen molar-refractivity contribution < 1.29 is 4.74 Å². The molecule has 0 aliphatic carbocycles. The molecule has 2 rings (SSSR count). The van der Waals surface area contributed by atoms with Crippen molar-refractivity contribution >= 4 is 0 Å². The van der Waals surface area contributed by atoms with Crippen LogP contribution in [0.25, 0.3) is 0 Å². The van der Waals surface area contributed by atoms with Gasteiger partial charge in [-0.3, -0.25) is 4.98 Å². The van der Waals surface area contributed by atoms with Gasteiger partial charge >= 0.3 is 0 Å². The third-order valence-electron chi connectivity index (χ3n) is 2.60. The van der Waals surface area contributed by atoms with E-state index >= 15 is 0 Å². The average molecular weight is 206 g/mol. The predicted molar refractivity (Wildman–Crippen MR) is 60.2 cm³/mol. The minimum absolute atomic E-state index is 0.224. The number of nitrogens with zero attached hydrogens (tertiary/aromatic N) is 1. The largest absolute Gasteiger partial charge is 0.491 e. The van der Waals surface area contributed by atoms with Gasteiger partial charge in [-0.05, 0) is 32.9 Å². The van der Waals surface area contributed by atoms with Crippen molar-refractivity contribution in [2.75, 3.05) is 13.1 Å². The summed E-state index contributed by atoms with van der Waals surface area (Å²) in [6.45, 7) is 6.22. The Morgan fingerprint density at radius 1 is 1.53 bits per heavy atom. The van der Waals surface area contributed by atoms with E-state index in [1.54, 1.807) is 0 Å². The Hall–Kier alpha value is -1.09. The van der Waals surface area contributed by atoms with Crippen LogP contribution >= 0.6 is 0 Å². The quantitative estimate of drug-likeness (QED) is 0.820. The van der Waals surface area contributed by atoms with Gasteiger partial charge in [-0.2, -0.15) is 0 Å². The number of hydrogen-bond acceptors (Lipinski definition) is 3. The smallest absolute Gasteiger partial charge is 0.123 e. The molecule has 1 atom stereocenters. The lowest BCUT2D eigenvalue weighted by molar-refractivity contribution is 0.242. The van der Waals surface area contributed by atoms with Gasteiger partial charge in [0.25, 0.3) is 0 Å². The number of rotatable bonds is 3. The highest BCUT2D eigenvalue weighted by atomic mass is 16.5. The van der Waals surface area contributed by atoms with Crippen molar-refractivity contribution in [2.24, 2.45) is 0 Å². The Morgan fingerprint density at radius 3 is 3.07 bits per heavy atom. The summed E-state index contributed by atoms with van der Waals surface area (Å²) in [6.07, 6.45) is 3.24. The zero-order valence-electron chi connectivity index (χ0n) is 9.36. The molecule has 1 aromatic rings. The van der Waals surface area contributed by atoms with Gasteiger partial charge in [-0.1, -0.05) is 0 Å².